The van der Waals surface area contributed by atoms with Gasteiger partial charge in [0, 0.05) is 44.6 Å². The minimum atomic E-state index is -0.0162. The number of nitrogens with one attached hydrogen (secondary N) is 1. The maximum absolute atomic E-state index is 13.1. The summed E-state index contributed by atoms with van der Waals surface area (Å²) in [6, 6.07) is 9.44. The van der Waals surface area contributed by atoms with Crippen molar-refractivity contribution in [3.05, 3.63) is 53.9 Å². The van der Waals surface area contributed by atoms with E-state index in [4.69, 9.17) is 0 Å². The fourth-order valence-corrected chi connectivity index (χ4v) is 3.16. The standard InChI is InChI=1S/C17H18N6O/c1-22-15-5-4-12(9-14(15)20-21-22)17(24)23-8-7-19-11-16(23)13-3-2-6-18-10-13/h2-6,9-10,16,19H,7-8,11H2,1H3. The van der Waals surface area contributed by atoms with Gasteiger partial charge < -0.3 is 10.2 Å². The summed E-state index contributed by atoms with van der Waals surface area (Å²) in [5.74, 6) is 0.0120. The number of rotatable bonds is 2. The Kier molecular flexibility index (Phi) is 3.70. The smallest absolute Gasteiger partial charge is 0.254 e. The normalized spacial score (nSPS) is 18.0. The molecule has 1 fully saturated rings. The molecule has 0 bridgehead atoms. The van der Waals surface area contributed by atoms with Crippen LogP contribution in [0.3, 0.4) is 0 Å². The van der Waals surface area contributed by atoms with Crippen molar-refractivity contribution in [2.45, 2.75) is 6.04 Å². The van der Waals surface area contributed by atoms with Crippen LogP contribution >= 0.6 is 0 Å². The zero-order valence-corrected chi connectivity index (χ0v) is 13.4. The first kappa shape index (κ1) is 14.8. The molecule has 1 aromatic carbocycles. The van der Waals surface area contributed by atoms with Crippen molar-refractivity contribution in [3.63, 3.8) is 0 Å². The first-order valence-corrected chi connectivity index (χ1v) is 7.95. The molecule has 2 aromatic heterocycles. The average molecular weight is 322 g/mol. The highest BCUT2D eigenvalue weighted by atomic mass is 16.2. The van der Waals surface area contributed by atoms with E-state index in [-0.39, 0.29) is 11.9 Å². The molecule has 7 heteroatoms. The number of amides is 1. The molecule has 0 aliphatic carbocycles. The van der Waals surface area contributed by atoms with Crippen molar-refractivity contribution in [1.82, 2.24) is 30.2 Å². The number of aryl methyl sites for hydroxylation is 1. The first-order valence-electron chi connectivity index (χ1n) is 7.95. The fraction of sp³-hybridized carbons (Fsp3) is 0.294. The van der Waals surface area contributed by atoms with E-state index in [0.29, 0.717) is 12.1 Å². The number of nitrogens with zero attached hydrogens (tertiary/aromatic N) is 5. The number of aromatic nitrogens is 4. The van der Waals surface area contributed by atoms with Gasteiger partial charge in [-0.1, -0.05) is 11.3 Å². The Morgan fingerprint density at radius 3 is 3.08 bits per heavy atom. The number of pyridine rings is 1. The van der Waals surface area contributed by atoms with Gasteiger partial charge in [-0.3, -0.25) is 9.78 Å². The van der Waals surface area contributed by atoms with Crippen LogP contribution in [0.2, 0.25) is 0 Å². The summed E-state index contributed by atoms with van der Waals surface area (Å²) in [6.07, 6.45) is 3.57. The number of carbonyl (C=O) groups is 1. The molecule has 0 radical (unpaired) electrons. The Morgan fingerprint density at radius 2 is 2.25 bits per heavy atom. The lowest BCUT2D eigenvalue weighted by Crippen LogP contribution is -2.48. The molecule has 1 saturated heterocycles. The van der Waals surface area contributed by atoms with Gasteiger partial charge in [0.2, 0.25) is 0 Å². The van der Waals surface area contributed by atoms with E-state index < -0.39 is 0 Å². The Hall–Kier alpha value is -2.80. The lowest BCUT2D eigenvalue weighted by atomic mass is 10.0. The van der Waals surface area contributed by atoms with Gasteiger partial charge in [-0.2, -0.15) is 0 Å². The first-order chi connectivity index (χ1) is 11.7. The van der Waals surface area contributed by atoms with Crippen LogP contribution in [0.1, 0.15) is 22.0 Å². The Balaban J connectivity index is 1.67. The van der Waals surface area contributed by atoms with Crippen LogP contribution in [0.4, 0.5) is 0 Å². The summed E-state index contributed by atoms with van der Waals surface area (Å²) in [6.45, 7) is 2.18. The summed E-state index contributed by atoms with van der Waals surface area (Å²) >= 11 is 0. The van der Waals surface area contributed by atoms with E-state index in [1.54, 1.807) is 10.9 Å². The molecule has 1 N–H and O–H groups in total. The summed E-state index contributed by atoms with van der Waals surface area (Å²) in [4.78, 5) is 19.1. The van der Waals surface area contributed by atoms with E-state index in [1.165, 1.54) is 0 Å². The molecular formula is C17H18N6O. The van der Waals surface area contributed by atoms with Crippen LogP contribution in [0, 0.1) is 0 Å². The lowest BCUT2D eigenvalue weighted by Gasteiger charge is -2.36. The average Bonchev–Trinajstić information content (AvgIpc) is 3.02. The Morgan fingerprint density at radius 1 is 1.33 bits per heavy atom. The summed E-state index contributed by atoms with van der Waals surface area (Å²) in [5, 5.41) is 11.5. The largest absolute Gasteiger partial charge is 0.329 e. The maximum atomic E-state index is 13.1. The SMILES string of the molecule is Cn1nnc2cc(C(=O)N3CCNCC3c3cccnc3)ccc21. The minimum absolute atomic E-state index is 0.0120. The molecule has 24 heavy (non-hydrogen) atoms. The van der Waals surface area contributed by atoms with Crippen molar-refractivity contribution in [3.8, 4) is 0 Å². The lowest BCUT2D eigenvalue weighted by molar-refractivity contribution is 0.0634. The van der Waals surface area contributed by atoms with E-state index >= 15 is 0 Å². The highest BCUT2D eigenvalue weighted by Crippen LogP contribution is 2.24. The van der Waals surface area contributed by atoms with Gasteiger partial charge in [0.05, 0.1) is 11.6 Å². The van der Waals surface area contributed by atoms with Crippen LogP contribution in [0.15, 0.2) is 42.7 Å². The molecule has 1 unspecified atom stereocenters. The van der Waals surface area contributed by atoms with E-state index in [2.05, 4.69) is 20.6 Å². The number of piperazine rings is 1. The molecule has 1 amide bonds. The minimum Gasteiger partial charge on any atom is -0.329 e. The van der Waals surface area contributed by atoms with Crippen molar-refractivity contribution < 1.29 is 4.79 Å². The summed E-state index contributed by atoms with van der Waals surface area (Å²) in [5.41, 5.74) is 3.32. The van der Waals surface area contributed by atoms with Gasteiger partial charge in [0.15, 0.2) is 0 Å². The predicted octanol–water partition coefficient (Wildman–Crippen LogP) is 1.15. The second kappa shape index (κ2) is 6.01. The number of benzene rings is 1. The van der Waals surface area contributed by atoms with Crippen LogP contribution in [-0.2, 0) is 7.05 Å². The molecule has 1 atom stereocenters. The molecule has 3 heterocycles. The van der Waals surface area contributed by atoms with Crippen molar-refractivity contribution in [2.75, 3.05) is 19.6 Å². The van der Waals surface area contributed by atoms with Crippen LogP contribution in [0.25, 0.3) is 11.0 Å². The van der Waals surface area contributed by atoms with Crippen molar-refractivity contribution >= 4 is 16.9 Å². The number of hydrogen-bond donors (Lipinski definition) is 1. The molecule has 1 aliphatic heterocycles. The second-order valence-corrected chi connectivity index (χ2v) is 5.92. The molecule has 0 spiro atoms. The Bertz CT molecular complexity index is 875. The molecule has 1 aliphatic rings. The summed E-state index contributed by atoms with van der Waals surface area (Å²) < 4.78 is 1.70. The predicted molar refractivity (Wildman–Crippen MR) is 89.4 cm³/mol. The van der Waals surface area contributed by atoms with Gasteiger partial charge in [0.1, 0.15) is 5.52 Å². The third kappa shape index (κ3) is 2.52. The third-order valence-electron chi connectivity index (χ3n) is 4.43. The van der Waals surface area contributed by atoms with Gasteiger partial charge in [-0.25, -0.2) is 4.68 Å². The van der Waals surface area contributed by atoms with Gasteiger partial charge in [-0.05, 0) is 29.8 Å². The quantitative estimate of drug-likeness (QED) is 0.766. The zero-order chi connectivity index (χ0) is 16.5. The fourth-order valence-electron chi connectivity index (χ4n) is 3.16. The number of carbonyl (C=O) groups excluding carboxylic acids is 1. The van der Waals surface area contributed by atoms with E-state index in [1.807, 2.05) is 48.5 Å². The third-order valence-corrected chi connectivity index (χ3v) is 4.43. The van der Waals surface area contributed by atoms with Crippen LogP contribution in [0.5, 0.6) is 0 Å². The zero-order valence-electron chi connectivity index (χ0n) is 13.4. The molecule has 3 aromatic rings. The monoisotopic (exact) mass is 322 g/mol. The maximum Gasteiger partial charge on any atom is 0.254 e. The number of hydrogen-bond acceptors (Lipinski definition) is 5. The topological polar surface area (TPSA) is 75.9 Å². The highest BCUT2D eigenvalue weighted by Gasteiger charge is 2.29. The molecule has 0 saturated carbocycles. The van der Waals surface area contributed by atoms with E-state index in [9.17, 15) is 4.79 Å². The second-order valence-electron chi connectivity index (χ2n) is 5.92. The van der Waals surface area contributed by atoms with Gasteiger partial charge in [0.25, 0.3) is 5.91 Å². The molecule has 4 rings (SSSR count). The summed E-state index contributed by atoms with van der Waals surface area (Å²) in [7, 11) is 1.84. The van der Waals surface area contributed by atoms with Crippen LogP contribution in [-0.4, -0.2) is 50.4 Å². The molecule has 7 nitrogen and oxygen atoms in total. The van der Waals surface area contributed by atoms with Crippen LogP contribution < -0.4 is 5.32 Å². The van der Waals surface area contributed by atoms with Gasteiger partial charge >= 0.3 is 0 Å². The molecule has 122 valence electrons. The Labute approximate surface area is 139 Å². The van der Waals surface area contributed by atoms with Crippen molar-refractivity contribution in [2.24, 2.45) is 7.05 Å². The highest BCUT2D eigenvalue weighted by molar-refractivity contribution is 5.97. The number of fused-ring (bicyclic) bond motifs is 1. The molecular weight excluding hydrogens is 304 g/mol. The van der Waals surface area contributed by atoms with Crippen molar-refractivity contribution in [1.29, 1.82) is 0 Å². The van der Waals surface area contributed by atoms with E-state index in [0.717, 1.165) is 29.7 Å². The van der Waals surface area contributed by atoms with Gasteiger partial charge in [-0.15, -0.1) is 5.10 Å².